The molecule has 3 heteroatoms. The average Bonchev–Trinajstić information content (AvgIpc) is 2.16. The van der Waals surface area contributed by atoms with Crippen LogP contribution in [0.25, 0.3) is 5.03 Å². The molecule has 0 heterocycles. The van der Waals surface area contributed by atoms with Crippen molar-refractivity contribution in [2.24, 2.45) is 0 Å². The largest absolute Gasteiger partial charge is 0.193 e. The molecule has 1 nitrogen and oxygen atoms in total. The number of nitriles is 1. The molecular weight excluding hydrogens is 296 g/mol. The lowest BCUT2D eigenvalue weighted by molar-refractivity contribution is 1.45. The number of hydrogen-bond donors (Lipinski definition) is 0. The Morgan fingerprint density at radius 2 is 2.08 bits per heavy atom. The molecule has 0 fully saturated rings. The van der Waals surface area contributed by atoms with Gasteiger partial charge in [-0.2, -0.15) is 5.26 Å². The van der Waals surface area contributed by atoms with Gasteiger partial charge in [0.1, 0.15) is 0 Å². The van der Waals surface area contributed by atoms with Crippen LogP contribution in [0.1, 0.15) is 12.5 Å². The molecule has 1 aromatic carbocycles. The first kappa shape index (κ1) is 10.6. The maximum Gasteiger partial charge on any atom is 0.0959 e. The summed E-state index contributed by atoms with van der Waals surface area (Å²) in [5, 5.41) is 9.20. The second-order valence-corrected chi connectivity index (χ2v) is 4.07. The van der Waals surface area contributed by atoms with Crippen LogP contribution < -0.4 is 0 Å². The van der Waals surface area contributed by atoms with Gasteiger partial charge in [0.05, 0.1) is 11.1 Å². The topological polar surface area (TPSA) is 23.8 Å². The summed E-state index contributed by atoms with van der Waals surface area (Å²) in [6.45, 7) is 1.71. The van der Waals surface area contributed by atoms with E-state index in [2.05, 4.69) is 22.6 Å². The van der Waals surface area contributed by atoms with Gasteiger partial charge < -0.3 is 0 Å². The summed E-state index contributed by atoms with van der Waals surface area (Å²) in [5.74, 6) is 0. The molecule has 0 aliphatic rings. The predicted octanol–water partition coefficient (Wildman–Crippen LogP) is 3.78. The SMILES string of the molecule is C/C(C#N)=C(/Cl)c1ccccc1I. The zero-order valence-electron chi connectivity index (χ0n) is 7.01. The van der Waals surface area contributed by atoms with E-state index in [4.69, 9.17) is 16.9 Å². The molecule has 0 atom stereocenters. The number of rotatable bonds is 1. The van der Waals surface area contributed by atoms with E-state index in [1.165, 1.54) is 0 Å². The Kier molecular flexibility index (Phi) is 3.76. The zero-order valence-corrected chi connectivity index (χ0v) is 9.93. The van der Waals surface area contributed by atoms with Gasteiger partial charge in [0.25, 0.3) is 0 Å². The minimum Gasteiger partial charge on any atom is -0.193 e. The highest BCUT2D eigenvalue weighted by Crippen LogP contribution is 2.26. The van der Waals surface area contributed by atoms with Gasteiger partial charge in [0.2, 0.25) is 0 Å². The molecule has 1 rings (SSSR count). The molecule has 13 heavy (non-hydrogen) atoms. The average molecular weight is 304 g/mol. The summed E-state index contributed by atoms with van der Waals surface area (Å²) in [6, 6.07) is 9.75. The van der Waals surface area contributed by atoms with Gasteiger partial charge in [-0.3, -0.25) is 0 Å². The third-order valence-corrected chi connectivity index (χ3v) is 3.04. The first-order valence-corrected chi connectivity index (χ1v) is 5.14. The summed E-state index contributed by atoms with van der Waals surface area (Å²) in [5.41, 5.74) is 1.47. The molecule has 0 aliphatic heterocycles. The van der Waals surface area contributed by atoms with Crippen LogP contribution in [-0.4, -0.2) is 0 Å². The van der Waals surface area contributed by atoms with E-state index in [0.717, 1.165) is 9.13 Å². The van der Waals surface area contributed by atoms with Crippen molar-refractivity contribution < 1.29 is 0 Å². The third-order valence-electron chi connectivity index (χ3n) is 1.61. The number of benzene rings is 1. The monoisotopic (exact) mass is 303 g/mol. The second-order valence-electron chi connectivity index (χ2n) is 2.53. The molecule has 0 radical (unpaired) electrons. The number of allylic oxidation sites excluding steroid dienone is 1. The highest BCUT2D eigenvalue weighted by molar-refractivity contribution is 14.1. The van der Waals surface area contributed by atoms with Crippen molar-refractivity contribution in [3.8, 4) is 6.07 Å². The number of halogens is 2. The van der Waals surface area contributed by atoms with Crippen LogP contribution in [0.2, 0.25) is 0 Å². The lowest BCUT2D eigenvalue weighted by Gasteiger charge is -2.02. The minimum atomic E-state index is 0.535. The van der Waals surface area contributed by atoms with Crippen molar-refractivity contribution in [3.63, 3.8) is 0 Å². The Bertz CT molecular complexity index is 390. The fourth-order valence-electron chi connectivity index (χ4n) is 0.890. The van der Waals surface area contributed by atoms with Gasteiger partial charge >= 0.3 is 0 Å². The molecule has 0 aliphatic carbocycles. The molecule has 1 aromatic rings. The van der Waals surface area contributed by atoms with Crippen molar-refractivity contribution >= 4 is 39.2 Å². The molecule has 0 amide bonds. The predicted molar refractivity (Wildman–Crippen MR) is 63.2 cm³/mol. The first-order valence-electron chi connectivity index (χ1n) is 3.68. The van der Waals surface area contributed by atoms with Crippen molar-refractivity contribution in [2.75, 3.05) is 0 Å². The maximum atomic E-state index is 8.66. The first-order chi connectivity index (χ1) is 6.16. The van der Waals surface area contributed by atoms with E-state index in [1.807, 2.05) is 30.3 Å². The molecule has 0 saturated carbocycles. The molecule has 0 saturated heterocycles. The molecule has 0 unspecified atom stereocenters. The van der Waals surface area contributed by atoms with Gasteiger partial charge in [0.15, 0.2) is 0 Å². The maximum absolute atomic E-state index is 8.66. The second kappa shape index (κ2) is 4.64. The van der Waals surface area contributed by atoms with Crippen molar-refractivity contribution in [1.82, 2.24) is 0 Å². The lowest BCUT2D eigenvalue weighted by atomic mass is 10.1. The smallest absolute Gasteiger partial charge is 0.0959 e. The molecule has 0 N–H and O–H groups in total. The minimum absolute atomic E-state index is 0.535. The van der Waals surface area contributed by atoms with E-state index < -0.39 is 0 Å². The van der Waals surface area contributed by atoms with Crippen LogP contribution >= 0.6 is 34.2 Å². The Labute approximate surface area is 96.2 Å². The Morgan fingerprint density at radius 1 is 1.46 bits per heavy atom. The Hall–Kier alpha value is -0.530. The van der Waals surface area contributed by atoms with E-state index in [0.29, 0.717) is 10.6 Å². The van der Waals surface area contributed by atoms with Crippen molar-refractivity contribution in [3.05, 3.63) is 39.0 Å². The molecular formula is C10H7ClIN. The molecule has 66 valence electrons. The Morgan fingerprint density at radius 3 is 2.62 bits per heavy atom. The van der Waals surface area contributed by atoms with Gasteiger partial charge in [-0.1, -0.05) is 29.8 Å². The van der Waals surface area contributed by atoms with E-state index >= 15 is 0 Å². The summed E-state index contributed by atoms with van der Waals surface area (Å²) in [4.78, 5) is 0. The van der Waals surface area contributed by atoms with Crippen LogP contribution in [0.4, 0.5) is 0 Å². The molecule has 0 aromatic heterocycles. The summed E-state index contributed by atoms with van der Waals surface area (Å²) < 4.78 is 1.06. The summed E-state index contributed by atoms with van der Waals surface area (Å²) in [7, 11) is 0. The summed E-state index contributed by atoms with van der Waals surface area (Å²) >= 11 is 8.21. The van der Waals surface area contributed by atoms with Crippen LogP contribution in [0.5, 0.6) is 0 Å². The highest BCUT2D eigenvalue weighted by Gasteiger charge is 2.05. The zero-order chi connectivity index (χ0) is 9.84. The molecule has 0 bridgehead atoms. The highest BCUT2D eigenvalue weighted by atomic mass is 127. The number of hydrogen-bond acceptors (Lipinski definition) is 1. The van der Waals surface area contributed by atoms with Gasteiger partial charge in [-0.25, -0.2) is 0 Å². The van der Waals surface area contributed by atoms with Crippen molar-refractivity contribution in [1.29, 1.82) is 5.26 Å². The van der Waals surface area contributed by atoms with E-state index in [-0.39, 0.29) is 0 Å². The quantitative estimate of drug-likeness (QED) is 0.572. The fourth-order valence-corrected chi connectivity index (χ4v) is 1.91. The lowest BCUT2D eigenvalue weighted by Crippen LogP contribution is -1.84. The van der Waals surface area contributed by atoms with Gasteiger partial charge in [-0.15, -0.1) is 0 Å². The number of nitrogens with zero attached hydrogens (tertiary/aromatic N) is 1. The summed E-state index contributed by atoms with van der Waals surface area (Å²) in [6.07, 6.45) is 0. The standard InChI is InChI=1S/C10H7ClIN/c1-7(6-13)10(11)8-4-2-3-5-9(8)12/h2-5H,1H3/b10-7-. The third kappa shape index (κ3) is 2.45. The normalized spacial score (nSPS) is 11.8. The van der Waals surface area contributed by atoms with Crippen LogP contribution in [0.15, 0.2) is 29.8 Å². The van der Waals surface area contributed by atoms with Gasteiger partial charge in [0, 0.05) is 14.7 Å². The van der Waals surface area contributed by atoms with E-state index in [9.17, 15) is 0 Å². The van der Waals surface area contributed by atoms with Crippen LogP contribution in [0, 0.1) is 14.9 Å². The Balaban J connectivity index is 3.26. The van der Waals surface area contributed by atoms with Crippen LogP contribution in [0.3, 0.4) is 0 Å². The van der Waals surface area contributed by atoms with Crippen molar-refractivity contribution in [2.45, 2.75) is 6.92 Å². The van der Waals surface area contributed by atoms with Gasteiger partial charge in [-0.05, 0) is 35.6 Å². The van der Waals surface area contributed by atoms with Crippen LogP contribution in [-0.2, 0) is 0 Å². The fraction of sp³-hybridized carbons (Fsp3) is 0.100. The molecule has 0 spiro atoms. The van der Waals surface area contributed by atoms with E-state index in [1.54, 1.807) is 6.92 Å².